The van der Waals surface area contributed by atoms with Crippen LogP contribution in [0.25, 0.3) is 22.5 Å². The fourth-order valence-electron chi connectivity index (χ4n) is 3.45. The predicted molar refractivity (Wildman–Crippen MR) is 114 cm³/mol. The molecule has 6 nitrogen and oxygen atoms in total. The highest BCUT2D eigenvalue weighted by atomic mass is 19.4. The van der Waals surface area contributed by atoms with Crippen molar-refractivity contribution in [2.75, 3.05) is 4.90 Å². The SMILES string of the molecule is FC(F)(F)c1ccc(-c2cc3c(c(-c4cccnc4)n2)N=CN(c2cccnc2)C3)cn1. The van der Waals surface area contributed by atoms with Gasteiger partial charge in [0.15, 0.2) is 0 Å². The summed E-state index contributed by atoms with van der Waals surface area (Å²) in [7, 11) is 0. The quantitative estimate of drug-likeness (QED) is 0.440. The van der Waals surface area contributed by atoms with Gasteiger partial charge in [0.2, 0.25) is 0 Å². The third-order valence-electron chi connectivity index (χ3n) is 5.00. The molecule has 4 aromatic heterocycles. The van der Waals surface area contributed by atoms with Crippen molar-refractivity contribution in [1.29, 1.82) is 0 Å². The fourth-order valence-corrected chi connectivity index (χ4v) is 3.45. The van der Waals surface area contributed by atoms with Gasteiger partial charge in [-0.2, -0.15) is 13.2 Å². The fraction of sp³-hybridized carbons (Fsp3) is 0.0870. The third kappa shape index (κ3) is 3.80. The van der Waals surface area contributed by atoms with Crippen molar-refractivity contribution < 1.29 is 13.2 Å². The maximum Gasteiger partial charge on any atom is 0.433 e. The highest BCUT2D eigenvalue weighted by Crippen LogP contribution is 2.38. The molecule has 1 aliphatic heterocycles. The van der Waals surface area contributed by atoms with Gasteiger partial charge in [-0.1, -0.05) is 0 Å². The van der Waals surface area contributed by atoms with Crippen LogP contribution in [0.4, 0.5) is 24.5 Å². The molecule has 1 aliphatic rings. The van der Waals surface area contributed by atoms with Crippen LogP contribution in [0.5, 0.6) is 0 Å². The largest absolute Gasteiger partial charge is 0.433 e. The number of hydrogen-bond acceptors (Lipinski definition) is 6. The molecule has 5 heterocycles. The zero-order valence-electron chi connectivity index (χ0n) is 16.5. The van der Waals surface area contributed by atoms with Gasteiger partial charge in [0.25, 0.3) is 0 Å². The number of alkyl halides is 3. The van der Waals surface area contributed by atoms with E-state index in [0.29, 0.717) is 29.2 Å². The predicted octanol–water partition coefficient (Wildman–Crippen LogP) is 5.30. The average Bonchev–Trinajstić information content (AvgIpc) is 2.83. The summed E-state index contributed by atoms with van der Waals surface area (Å²) < 4.78 is 38.8. The summed E-state index contributed by atoms with van der Waals surface area (Å²) in [6.07, 6.45) is 5.18. The molecule has 0 radical (unpaired) electrons. The Hall–Kier alpha value is -4.14. The van der Waals surface area contributed by atoms with E-state index in [1.54, 1.807) is 37.2 Å². The van der Waals surface area contributed by atoms with E-state index in [2.05, 4.69) is 19.9 Å². The number of aliphatic imine (C=N–C) groups is 1. The summed E-state index contributed by atoms with van der Waals surface area (Å²) in [5, 5.41) is 0. The molecule has 0 atom stereocenters. The second-order valence-corrected chi connectivity index (χ2v) is 7.12. The molecule has 0 bridgehead atoms. The lowest BCUT2D eigenvalue weighted by Crippen LogP contribution is -2.23. The second kappa shape index (κ2) is 7.84. The number of rotatable bonds is 3. The molecule has 0 spiro atoms. The molecule has 0 saturated carbocycles. The molecule has 0 amide bonds. The van der Waals surface area contributed by atoms with Crippen LogP contribution in [-0.4, -0.2) is 26.3 Å². The Labute approximate surface area is 181 Å². The Balaban J connectivity index is 1.61. The van der Waals surface area contributed by atoms with Crippen molar-refractivity contribution in [2.45, 2.75) is 12.7 Å². The van der Waals surface area contributed by atoms with Gasteiger partial charge in [-0.3, -0.25) is 15.0 Å². The van der Waals surface area contributed by atoms with Crippen molar-refractivity contribution in [3.63, 3.8) is 0 Å². The Bertz CT molecular complexity index is 1270. The van der Waals surface area contributed by atoms with E-state index in [1.165, 1.54) is 12.3 Å². The van der Waals surface area contributed by atoms with E-state index in [9.17, 15) is 13.2 Å². The van der Waals surface area contributed by atoms with Crippen molar-refractivity contribution in [3.05, 3.63) is 84.7 Å². The van der Waals surface area contributed by atoms with Crippen LogP contribution >= 0.6 is 0 Å². The van der Waals surface area contributed by atoms with Crippen LogP contribution in [0, 0.1) is 0 Å². The molecule has 0 saturated heterocycles. The Kier molecular flexibility index (Phi) is 4.85. The molecule has 4 aromatic rings. The molecule has 0 unspecified atom stereocenters. The minimum Gasteiger partial charge on any atom is -0.327 e. The first-order valence-electron chi connectivity index (χ1n) is 9.68. The molecule has 5 rings (SSSR count). The van der Waals surface area contributed by atoms with Crippen LogP contribution < -0.4 is 4.90 Å². The number of anilines is 1. The zero-order valence-corrected chi connectivity index (χ0v) is 16.5. The summed E-state index contributed by atoms with van der Waals surface area (Å²) in [5.41, 5.74) is 3.85. The Morgan fingerprint density at radius 3 is 2.34 bits per heavy atom. The molecule has 0 aromatic carbocycles. The van der Waals surface area contributed by atoms with Crippen LogP contribution in [0.2, 0.25) is 0 Å². The van der Waals surface area contributed by atoms with Crippen LogP contribution in [0.1, 0.15) is 11.3 Å². The lowest BCUT2D eigenvalue weighted by atomic mass is 10.0. The van der Waals surface area contributed by atoms with Crippen molar-refractivity contribution in [2.24, 2.45) is 4.99 Å². The maximum absolute atomic E-state index is 12.9. The number of hydrogen-bond donors (Lipinski definition) is 0. The minimum atomic E-state index is -4.50. The summed E-state index contributed by atoms with van der Waals surface area (Å²) >= 11 is 0. The van der Waals surface area contributed by atoms with Gasteiger partial charge in [0.1, 0.15) is 5.69 Å². The first kappa shape index (κ1) is 19.8. The van der Waals surface area contributed by atoms with E-state index in [4.69, 9.17) is 4.98 Å². The molecular weight excluding hydrogens is 417 g/mol. The van der Waals surface area contributed by atoms with Crippen LogP contribution in [-0.2, 0) is 12.7 Å². The van der Waals surface area contributed by atoms with Gasteiger partial charge < -0.3 is 4.90 Å². The molecule has 0 aliphatic carbocycles. The number of aromatic nitrogens is 4. The molecule has 32 heavy (non-hydrogen) atoms. The number of halogens is 3. The average molecular weight is 432 g/mol. The zero-order chi connectivity index (χ0) is 22.1. The second-order valence-electron chi connectivity index (χ2n) is 7.12. The lowest BCUT2D eigenvalue weighted by molar-refractivity contribution is -0.141. The van der Waals surface area contributed by atoms with E-state index in [-0.39, 0.29) is 0 Å². The molecule has 0 N–H and O–H groups in total. The summed E-state index contributed by atoms with van der Waals surface area (Å²) in [4.78, 5) is 23.2. The van der Waals surface area contributed by atoms with E-state index < -0.39 is 11.9 Å². The molecule has 0 fully saturated rings. The highest BCUT2D eigenvalue weighted by molar-refractivity contribution is 5.89. The molecule has 158 valence electrons. The first-order valence-corrected chi connectivity index (χ1v) is 9.68. The van der Waals surface area contributed by atoms with E-state index >= 15 is 0 Å². The maximum atomic E-state index is 12.9. The van der Waals surface area contributed by atoms with Crippen LogP contribution in [0.3, 0.4) is 0 Å². The van der Waals surface area contributed by atoms with Crippen molar-refractivity contribution >= 4 is 17.7 Å². The lowest BCUT2D eigenvalue weighted by Gasteiger charge is -2.25. The number of fused-ring (bicyclic) bond motifs is 1. The van der Waals surface area contributed by atoms with E-state index in [0.717, 1.165) is 22.9 Å². The van der Waals surface area contributed by atoms with Crippen molar-refractivity contribution in [3.8, 4) is 22.5 Å². The minimum absolute atomic E-state index is 0.480. The smallest absolute Gasteiger partial charge is 0.327 e. The first-order chi connectivity index (χ1) is 15.5. The summed E-state index contributed by atoms with van der Waals surface area (Å²) in [5.74, 6) is 0. The van der Waals surface area contributed by atoms with Gasteiger partial charge in [0, 0.05) is 41.5 Å². The monoisotopic (exact) mass is 432 g/mol. The topological polar surface area (TPSA) is 67.2 Å². The van der Waals surface area contributed by atoms with Gasteiger partial charge in [0.05, 0.1) is 41.8 Å². The third-order valence-corrected chi connectivity index (χ3v) is 5.00. The number of pyridine rings is 4. The Morgan fingerprint density at radius 2 is 1.69 bits per heavy atom. The van der Waals surface area contributed by atoms with Gasteiger partial charge in [-0.25, -0.2) is 9.98 Å². The number of nitrogens with zero attached hydrogens (tertiary/aromatic N) is 6. The highest BCUT2D eigenvalue weighted by Gasteiger charge is 2.32. The summed E-state index contributed by atoms with van der Waals surface area (Å²) in [6.45, 7) is 0.501. The normalized spacial score (nSPS) is 13.2. The van der Waals surface area contributed by atoms with Crippen molar-refractivity contribution in [1.82, 2.24) is 19.9 Å². The molecular formula is C23H15F3N6. The van der Waals surface area contributed by atoms with Gasteiger partial charge in [-0.05, 0) is 42.5 Å². The van der Waals surface area contributed by atoms with E-state index in [1.807, 2.05) is 29.2 Å². The summed E-state index contributed by atoms with van der Waals surface area (Å²) in [6, 6.07) is 11.6. The van der Waals surface area contributed by atoms with Crippen LogP contribution in [0.15, 0.2) is 78.4 Å². The van der Waals surface area contributed by atoms with Gasteiger partial charge >= 0.3 is 6.18 Å². The molecule has 9 heteroatoms. The standard InChI is InChI=1S/C23H15F3N6/c24-23(25,26)20-6-5-15(11-29-20)19-9-17-13-32(18-4-2-8-28-12-18)14-30-21(17)22(31-19)16-3-1-7-27-10-16/h1-12,14H,13H2. The van der Waals surface area contributed by atoms with Gasteiger partial charge in [-0.15, -0.1) is 0 Å². The Morgan fingerprint density at radius 1 is 0.875 bits per heavy atom.